The number of ether oxygens (including phenoxy) is 2. The molecule has 1 aromatic carbocycles. The van der Waals surface area contributed by atoms with Gasteiger partial charge in [-0.15, -0.1) is 0 Å². The van der Waals surface area contributed by atoms with Crippen molar-refractivity contribution in [1.29, 1.82) is 0 Å². The molecule has 0 saturated heterocycles. The summed E-state index contributed by atoms with van der Waals surface area (Å²) >= 11 is 0. The van der Waals surface area contributed by atoms with E-state index in [1.807, 2.05) is 12.1 Å². The van der Waals surface area contributed by atoms with Crippen molar-refractivity contribution in [3.8, 4) is 0 Å². The van der Waals surface area contributed by atoms with Crippen molar-refractivity contribution in [2.75, 3.05) is 47.1 Å². The van der Waals surface area contributed by atoms with Gasteiger partial charge in [-0.3, -0.25) is 4.90 Å². The van der Waals surface area contributed by atoms with Crippen molar-refractivity contribution in [3.63, 3.8) is 0 Å². The zero-order valence-electron chi connectivity index (χ0n) is 14.6. The summed E-state index contributed by atoms with van der Waals surface area (Å²) < 4.78 is 10.3. The summed E-state index contributed by atoms with van der Waals surface area (Å²) in [5.41, 5.74) is 2.36. The highest BCUT2D eigenvalue weighted by molar-refractivity contribution is 5.28. The van der Waals surface area contributed by atoms with Crippen molar-refractivity contribution in [3.05, 3.63) is 35.4 Å². The molecule has 1 N–H and O–H groups in total. The normalized spacial score (nSPS) is 13.6. The van der Waals surface area contributed by atoms with Gasteiger partial charge < -0.3 is 14.6 Å². The van der Waals surface area contributed by atoms with Crippen LogP contribution in [0.15, 0.2) is 24.3 Å². The van der Waals surface area contributed by atoms with E-state index in [2.05, 4.69) is 37.8 Å². The lowest BCUT2D eigenvalue weighted by Crippen LogP contribution is -2.34. The van der Waals surface area contributed by atoms with Crippen molar-refractivity contribution >= 4 is 0 Å². The lowest BCUT2D eigenvalue weighted by molar-refractivity contribution is 0.0697. The Kier molecular flexibility index (Phi) is 8.04. The topological polar surface area (TPSA) is 41.9 Å². The standard InChI is InChI=1S/C18H31NO3/c1-18(2,3)16-8-6-15(7-9-16)17(20)14-19(10-12-21-4)11-13-22-5/h6-9,17,20H,10-14H2,1-5H3. The van der Waals surface area contributed by atoms with Crippen LogP contribution in [-0.4, -0.2) is 57.1 Å². The van der Waals surface area contributed by atoms with Crippen molar-refractivity contribution in [2.24, 2.45) is 0 Å². The molecular formula is C18H31NO3. The molecule has 1 unspecified atom stereocenters. The fraction of sp³-hybridized carbons (Fsp3) is 0.667. The molecule has 4 heteroatoms. The number of benzene rings is 1. The van der Waals surface area contributed by atoms with Crippen LogP contribution in [0.4, 0.5) is 0 Å². The Hall–Kier alpha value is -0.940. The molecule has 1 aromatic rings. The van der Waals surface area contributed by atoms with Crippen LogP contribution in [0.25, 0.3) is 0 Å². The van der Waals surface area contributed by atoms with Gasteiger partial charge in [-0.25, -0.2) is 0 Å². The molecule has 0 fully saturated rings. The Labute approximate surface area is 135 Å². The van der Waals surface area contributed by atoms with E-state index in [0.717, 1.165) is 18.7 Å². The van der Waals surface area contributed by atoms with Crippen LogP contribution < -0.4 is 0 Å². The molecule has 1 atom stereocenters. The molecule has 4 nitrogen and oxygen atoms in total. The monoisotopic (exact) mass is 309 g/mol. The smallest absolute Gasteiger partial charge is 0.0916 e. The maximum absolute atomic E-state index is 10.5. The van der Waals surface area contributed by atoms with Crippen LogP contribution in [0, 0.1) is 0 Å². The minimum atomic E-state index is -0.497. The second-order valence-electron chi connectivity index (χ2n) is 6.67. The SMILES string of the molecule is COCCN(CCOC)CC(O)c1ccc(C(C)(C)C)cc1. The van der Waals surface area contributed by atoms with Gasteiger partial charge in [0.2, 0.25) is 0 Å². The summed E-state index contributed by atoms with van der Waals surface area (Å²) in [5, 5.41) is 10.5. The first-order valence-corrected chi connectivity index (χ1v) is 7.87. The molecule has 0 aliphatic heterocycles. The average molecular weight is 309 g/mol. The largest absolute Gasteiger partial charge is 0.387 e. The highest BCUT2D eigenvalue weighted by Gasteiger charge is 2.16. The Bertz CT molecular complexity index is 403. The first-order valence-electron chi connectivity index (χ1n) is 7.87. The van der Waals surface area contributed by atoms with Gasteiger partial charge in [-0.2, -0.15) is 0 Å². The summed E-state index contributed by atoms with van der Waals surface area (Å²) in [5.74, 6) is 0. The second kappa shape index (κ2) is 9.26. The second-order valence-corrected chi connectivity index (χ2v) is 6.67. The summed E-state index contributed by atoms with van der Waals surface area (Å²) in [6.45, 7) is 10.0. The molecule has 0 bridgehead atoms. The van der Waals surface area contributed by atoms with Gasteiger partial charge in [0.1, 0.15) is 0 Å². The quantitative estimate of drug-likeness (QED) is 0.761. The minimum absolute atomic E-state index is 0.131. The molecule has 1 rings (SSSR count). The van der Waals surface area contributed by atoms with Crippen LogP contribution in [0.5, 0.6) is 0 Å². The third-order valence-corrected chi connectivity index (χ3v) is 3.82. The molecule has 0 aliphatic carbocycles. The Morgan fingerprint density at radius 2 is 1.50 bits per heavy atom. The minimum Gasteiger partial charge on any atom is -0.387 e. The van der Waals surface area contributed by atoms with Gasteiger partial charge in [0.25, 0.3) is 0 Å². The predicted molar refractivity (Wildman–Crippen MR) is 90.3 cm³/mol. The average Bonchev–Trinajstić information content (AvgIpc) is 2.49. The van der Waals surface area contributed by atoms with Gasteiger partial charge in [0.05, 0.1) is 19.3 Å². The molecule has 0 aliphatic rings. The number of hydrogen-bond donors (Lipinski definition) is 1. The van der Waals surface area contributed by atoms with E-state index in [0.29, 0.717) is 19.8 Å². The third-order valence-electron chi connectivity index (χ3n) is 3.82. The highest BCUT2D eigenvalue weighted by atomic mass is 16.5. The first-order chi connectivity index (χ1) is 10.4. The Balaban J connectivity index is 2.65. The lowest BCUT2D eigenvalue weighted by Gasteiger charge is -2.25. The summed E-state index contributed by atoms with van der Waals surface area (Å²) in [6.07, 6.45) is -0.497. The Morgan fingerprint density at radius 1 is 1.00 bits per heavy atom. The van der Waals surface area contributed by atoms with E-state index >= 15 is 0 Å². The fourth-order valence-corrected chi connectivity index (χ4v) is 2.29. The van der Waals surface area contributed by atoms with Crippen LogP contribution in [0.1, 0.15) is 38.0 Å². The van der Waals surface area contributed by atoms with E-state index in [9.17, 15) is 5.11 Å². The number of nitrogens with zero attached hydrogens (tertiary/aromatic N) is 1. The predicted octanol–water partition coefficient (Wildman–Crippen LogP) is 2.61. The van der Waals surface area contributed by atoms with Crippen LogP contribution in [0.2, 0.25) is 0 Å². The van der Waals surface area contributed by atoms with Crippen molar-refractivity contribution in [2.45, 2.75) is 32.3 Å². The van der Waals surface area contributed by atoms with Crippen LogP contribution >= 0.6 is 0 Å². The summed E-state index contributed by atoms with van der Waals surface area (Å²) in [6, 6.07) is 8.26. The van der Waals surface area contributed by atoms with Crippen molar-refractivity contribution < 1.29 is 14.6 Å². The van der Waals surface area contributed by atoms with E-state index in [1.54, 1.807) is 14.2 Å². The molecule has 22 heavy (non-hydrogen) atoms. The number of rotatable bonds is 9. The van der Waals surface area contributed by atoms with Crippen LogP contribution in [0.3, 0.4) is 0 Å². The molecule has 0 aromatic heterocycles. The van der Waals surface area contributed by atoms with E-state index in [4.69, 9.17) is 9.47 Å². The Morgan fingerprint density at radius 3 is 1.91 bits per heavy atom. The van der Waals surface area contributed by atoms with Gasteiger partial charge in [-0.05, 0) is 16.5 Å². The molecular weight excluding hydrogens is 278 g/mol. The van der Waals surface area contributed by atoms with Gasteiger partial charge in [-0.1, -0.05) is 45.0 Å². The molecule has 0 spiro atoms. The van der Waals surface area contributed by atoms with Gasteiger partial charge in [0.15, 0.2) is 0 Å². The third kappa shape index (κ3) is 6.44. The van der Waals surface area contributed by atoms with Crippen molar-refractivity contribution in [1.82, 2.24) is 4.90 Å². The fourth-order valence-electron chi connectivity index (χ4n) is 2.29. The van der Waals surface area contributed by atoms with E-state index in [1.165, 1.54) is 5.56 Å². The van der Waals surface area contributed by atoms with Crippen LogP contribution in [-0.2, 0) is 14.9 Å². The molecule has 126 valence electrons. The molecule has 0 saturated carbocycles. The number of hydrogen-bond acceptors (Lipinski definition) is 4. The maximum Gasteiger partial charge on any atom is 0.0916 e. The molecule has 0 heterocycles. The lowest BCUT2D eigenvalue weighted by atomic mass is 9.86. The highest BCUT2D eigenvalue weighted by Crippen LogP contribution is 2.24. The summed E-state index contributed by atoms with van der Waals surface area (Å²) in [7, 11) is 3.38. The number of aliphatic hydroxyl groups is 1. The van der Waals surface area contributed by atoms with E-state index in [-0.39, 0.29) is 5.41 Å². The maximum atomic E-state index is 10.5. The summed E-state index contributed by atoms with van der Waals surface area (Å²) in [4.78, 5) is 2.16. The molecule has 0 amide bonds. The molecule has 0 radical (unpaired) electrons. The number of aliphatic hydroxyl groups excluding tert-OH is 1. The van der Waals surface area contributed by atoms with Gasteiger partial charge in [0, 0.05) is 33.9 Å². The van der Waals surface area contributed by atoms with Gasteiger partial charge >= 0.3 is 0 Å². The number of methoxy groups -OCH3 is 2. The van der Waals surface area contributed by atoms with E-state index < -0.39 is 6.10 Å². The zero-order valence-corrected chi connectivity index (χ0v) is 14.6. The zero-order chi connectivity index (χ0) is 16.6. The first kappa shape index (κ1) is 19.1.